The number of nitrogens with zero attached hydrogens (tertiary/aromatic N) is 1. The summed E-state index contributed by atoms with van der Waals surface area (Å²) in [5.41, 5.74) is 6.82. The topological polar surface area (TPSA) is 60.2 Å². The van der Waals surface area contributed by atoms with Crippen molar-refractivity contribution >= 4 is 5.82 Å². The number of hydrogen-bond acceptors (Lipinski definition) is 4. The molecule has 17 heavy (non-hydrogen) atoms. The Morgan fingerprint density at radius 1 is 1.41 bits per heavy atom. The molecule has 1 aromatic rings. The lowest BCUT2D eigenvalue weighted by atomic mass is 10.2. The summed E-state index contributed by atoms with van der Waals surface area (Å²) in [6, 6.07) is 3.91. The number of nitrogens with one attached hydrogen (secondary N) is 1. The van der Waals surface area contributed by atoms with E-state index < -0.39 is 0 Å². The van der Waals surface area contributed by atoms with Gasteiger partial charge >= 0.3 is 0 Å². The van der Waals surface area contributed by atoms with E-state index in [0.717, 1.165) is 38.1 Å². The third-order valence-corrected chi connectivity index (χ3v) is 2.40. The van der Waals surface area contributed by atoms with E-state index in [9.17, 15) is 0 Å². The van der Waals surface area contributed by atoms with Crippen molar-refractivity contribution in [2.45, 2.75) is 12.8 Å². The van der Waals surface area contributed by atoms with E-state index in [2.05, 4.69) is 22.5 Å². The molecule has 0 fully saturated rings. The van der Waals surface area contributed by atoms with Gasteiger partial charge in [0.25, 0.3) is 0 Å². The molecule has 1 aromatic heterocycles. The average Bonchev–Trinajstić information content (AvgIpc) is 2.35. The standard InChI is InChI=1S/C13H21N3O/c1-17-11-10-15-8-4-2-3-6-12-7-5-9-16-13(12)14/h2-3,5,7,9,15H,4,6,8,10-11H2,1H3,(H2,14,16). The Bertz CT molecular complexity index is 339. The van der Waals surface area contributed by atoms with Crippen molar-refractivity contribution in [3.63, 3.8) is 0 Å². The molecular weight excluding hydrogens is 214 g/mol. The molecule has 4 heteroatoms. The lowest BCUT2D eigenvalue weighted by molar-refractivity contribution is 0.199. The highest BCUT2D eigenvalue weighted by atomic mass is 16.5. The summed E-state index contributed by atoms with van der Waals surface area (Å²) in [5, 5.41) is 3.28. The maximum atomic E-state index is 5.75. The van der Waals surface area contributed by atoms with E-state index in [1.807, 2.05) is 12.1 Å². The van der Waals surface area contributed by atoms with Crippen LogP contribution in [-0.4, -0.2) is 31.8 Å². The molecule has 4 nitrogen and oxygen atoms in total. The molecule has 0 saturated heterocycles. The first-order valence-corrected chi connectivity index (χ1v) is 5.88. The van der Waals surface area contributed by atoms with Crippen LogP contribution in [0.5, 0.6) is 0 Å². The molecule has 0 spiro atoms. The van der Waals surface area contributed by atoms with Crippen LogP contribution in [0.25, 0.3) is 0 Å². The van der Waals surface area contributed by atoms with Crippen LogP contribution in [0.1, 0.15) is 12.0 Å². The van der Waals surface area contributed by atoms with Crippen LogP contribution in [0.15, 0.2) is 30.5 Å². The van der Waals surface area contributed by atoms with E-state index >= 15 is 0 Å². The van der Waals surface area contributed by atoms with Gasteiger partial charge in [-0.15, -0.1) is 0 Å². The van der Waals surface area contributed by atoms with Crippen LogP contribution in [0.3, 0.4) is 0 Å². The van der Waals surface area contributed by atoms with Crippen LogP contribution in [0, 0.1) is 0 Å². The Morgan fingerprint density at radius 3 is 3.06 bits per heavy atom. The van der Waals surface area contributed by atoms with Crippen LogP contribution in [-0.2, 0) is 11.2 Å². The zero-order valence-electron chi connectivity index (χ0n) is 10.4. The predicted molar refractivity (Wildman–Crippen MR) is 70.9 cm³/mol. The van der Waals surface area contributed by atoms with Crippen molar-refractivity contribution in [2.24, 2.45) is 0 Å². The summed E-state index contributed by atoms with van der Waals surface area (Å²) in [6.45, 7) is 2.64. The molecule has 0 aromatic carbocycles. The van der Waals surface area contributed by atoms with Gasteiger partial charge in [-0.25, -0.2) is 4.98 Å². The minimum absolute atomic E-state index is 0.621. The molecule has 0 aliphatic carbocycles. The van der Waals surface area contributed by atoms with Gasteiger partial charge in [-0.2, -0.15) is 0 Å². The Labute approximate surface area is 103 Å². The number of methoxy groups -OCH3 is 1. The summed E-state index contributed by atoms with van der Waals surface area (Å²) in [6.07, 6.45) is 7.86. The Kier molecular flexibility index (Phi) is 7.02. The molecule has 3 N–H and O–H groups in total. The number of nitrogen functional groups attached to an aromatic ring is 1. The molecule has 0 atom stereocenters. The minimum Gasteiger partial charge on any atom is -0.383 e. The number of nitrogens with two attached hydrogens (primary N) is 1. The van der Waals surface area contributed by atoms with Crippen molar-refractivity contribution in [2.75, 3.05) is 32.5 Å². The highest BCUT2D eigenvalue weighted by Gasteiger charge is 1.94. The quantitative estimate of drug-likeness (QED) is 0.528. The van der Waals surface area contributed by atoms with E-state index in [0.29, 0.717) is 5.82 Å². The molecular formula is C13H21N3O. The van der Waals surface area contributed by atoms with Gasteiger partial charge in [-0.3, -0.25) is 0 Å². The van der Waals surface area contributed by atoms with E-state index in [-0.39, 0.29) is 0 Å². The van der Waals surface area contributed by atoms with Crippen molar-refractivity contribution in [3.05, 3.63) is 36.0 Å². The van der Waals surface area contributed by atoms with Gasteiger partial charge in [0.1, 0.15) is 5.82 Å². The van der Waals surface area contributed by atoms with Gasteiger partial charge in [0, 0.05) is 19.9 Å². The molecule has 0 radical (unpaired) electrons. The fourth-order valence-electron chi connectivity index (χ4n) is 1.44. The smallest absolute Gasteiger partial charge is 0.126 e. The van der Waals surface area contributed by atoms with Gasteiger partial charge in [0.05, 0.1) is 6.61 Å². The highest BCUT2D eigenvalue weighted by Crippen LogP contribution is 2.07. The zero-order valence-corrected chi connectivity index (χ0v) is 10.4. The third kappa shape index (κ3) is 6.04. The molecule has 0 saturated carbocycles. The Hall–Kier alpha value is -1.39. The first-order valence-electron chi connectivity index (χ1n) is 5.88. The summed E-state index contributed by atoms with van der Waals surface area (Å²) in [7, 11) is 1.71. The van der Waals surface area contributed by atoms with Gasteiger partial charge in [-0.1, -0.05) is 18.2 Å². The van der Waals surface area contributed by atoms with Crippen LogP contribution in [0.4, 0.5) is 5.82 Å². The Morgan fingerprint density at radius 2 is 2.29 bits per heavy atom. The van der Waals surface area contributed by atoms with Gasteiger partial charge in [0.2, 0.25) is 0 Å². The maximum absolute atomic E-state index is 5.75. The Balaban J connectivity index is 2.12. The predicted octanol–water partition coefficient (Wildman–Crippen LogP) is 1.39. The number of hydrogen-bond donors (Lipinski definition) is 2. The van der Waals surface area contributed by atoms with Gasteiger partial charge in [-0.05, 0) is 31.0 Å². The maximum Gasteiger partial charge on any atom is 0.126 e. The lowest BCUT2D eigenvalue weighted by Gasteiger charge is -2.01. The second-order valence-electron chi connectivity index (χ2n) is 3.75. The fraction of sp³-hybridized carbons (Fsp3) is 0.462. The normalized spacial score (nSPS) is 11.1. The second-order valence-corrected chi connectivity index (χ2v) is 3.75. The van der Waals surface area contributed by atoms with Gasteiger partial charge < -0.3 is 15.8 Å². The molecule has 0 aliphatic rings. The third-order valence-electron chi connectivity index (χ3n) is 2.40. The number of allylic oxidation sites excluding steroid dienone is 1. The van der Waals surface area contributed by atoms with Gasteiger partial charge in [0.15, 0.2) is 0 Å². The second kappa shape index (κ2) is 8.73. The monoisotopic (exact) mass is 235 g/mol. The number of pyridine rings is 1. The summed E-state index contributed by atoms with van der Waals surface area (Å²) in [5.74, 6) is 0.621. The molecule has 0 amide bonds. The van der Waals surface area contributed by atoms with Crippen LogP contribution < -0.4 is 11.1 Å². The van der Waals surface area contributed by atoms with E-state index in [4.69, 9.17) is 10.5 Å². The lowest BCUT2D eigenvalue weighted by Crippen LogP contribution is -2.19. The van der Waals surface area contributed by atoms with Crippen molar-refractivity contribution in [1.29, 1.82) is 0 Å². The number of ether oxygens (including phenoxy) is 1. The molecule has 0 bridgehead atoms. The summed E-state index contributed by atoms with van der Waals surface area (Å²) in [4.78, 5) is 4.05. The summed E-state index contributed by atoms with van der Waals surface area (Å²) < 4.78 is 4.94. The first kappa shape index (κ1) is 13.7. The van der Waals surface area contributed by atoms with Crippen LogP contribution >= 0.6 is 0 Å². The number of rotatable bonds is 8. The van der Waals surface area contributed by atoms with Crippen molar-refractivity contribution < 1.29 is 4.74 Å². The molecule has 0 unspecified atom stereocenters. The first-order chi connectivity index (χ1) is 8.34. The molecule has 94 valence electrons. The van der Waals surface area contributed by atoms with E-state index in [1.165, 1.54) is 0 Å². The fourth-order valence-corrected chi connectivity index (χ4v) is 1.44. The highest BCUT2D eigenvalue weighted by molar-refractivity contribution is 5.39. The SMILES string of the molecule is COCCNCCC=CCc1cccnc1N. The minimum atomic E-state index is 0.621. The number of anilines is 1. The van der Waals surface area contributed by atoms with Crippen LogP contribution in [0.2, 0.25) is 0 Å². The summed E-state index contributed by atoms with van der Waals surface area (Å²) >= 11 is 0. The largest absolute Gasteiger partial charge is 0.383 e. The zero-order chi connectivity index (χ0) is 12.3. The molecule has 1 rings (SSSR count). The molecule has 0 aliphatic heterocycles. The van der Waals surface area contributed by atoms with Crippen molar-refractivity contribution in [1.82, 2.24) is 10.3 Å². The van der Waals surface area contributed by atoms with E-state index in [1.54, 1.807) is 13.3 Å². The average molecular weight is 235 g/mol. The number of aromatic nitrogens is 1. The molecule has 1 heterocycles. The van der Waals surface area contributed by atoms with Crippen molar-refractivity contribution in [3.8, 4) is 0 Å².